The summed E-state index contributed by atoms with van der Waals surface area (Å²) in [4.78, 5) is 2.53. The third-order valence-corrected chi connectivity index (χ3v) is 3.66. The Morgan fingerprint density at radius 2 is 2.27 bits per heavy atom. The van der Waals surface area contributed by atoms with Gasteiger partial charge in [-0.2, -0.15) is 11.3 Å². The maximum atomic E-state index is 5.64. The minimum atomic E-state index is 0.508. The highest BCUT2D eigenvalue weighted by Crippen LogP contribution is 2.17. The number of thiophene rings is 1. The van der Waals surface area contributed by atoms with E-state index in [-0.39, 0.29) is 0 Å². The fourth-order valence-electron chi connectivity index (χ4n) is 2.11. The normalized spacial score (nSPS) is 19.5. The van der Waals surface area contributed by atoms with E-state index in [9.17, 15) is 0 Å². The summed E-state index contributed by atoms with van der Waals surface area (Å²) >= 11 is 1.79. The number of rotatable bonds is 4. The second-order valence-corrected chi connectivity index (χ2v) is 4.84. The van der Waals surface area contributed by atoms with Gasteiger partial charge >= 0.3 is 0 Å². The molecule has 0 aliphatic carbocycles. The van der Waals surface area contributed by atoms with Crippen LogP contribution in [0.3, 0.4) is 0 Å². The Balaban J connectivity index is 1.74. The standard InChI is InChI=1S/C12H19NOS/c1-2-14-12-3-6-13(7-4-12)9-11-5-8-15-10-11/h5,8,10,12H,2-4,6-7,9H2,1H3. The summed E-state index contributed by atoms with van der Waals surface area (Å²) in [6, 6.07) is 2.22. The Morgan fingerprint density at radius 1 is 1.47 bits per heavy atom. The molecule has 84 valence electrons. The molecule has 0 spiro atoms. The van der Waals surface area contributed by atoms with Gasteiger partial charge in [-0.25, -0.2) is 0 Å². The highest BCUT2D eigenvalue weighted by molar-refractivity contribution is 7.07. The van der Waals surface area contributed by atoms with Crippen LogP contribution >= 0.6 is 11.3 Å². The quantitative estimate of drug-likeness (QED) is 0.781. The maximum absolute atomic E-state index is 5.64. The van der Waals surface area contributed by atoms with Crippen LogP contribution in [0.25, 0.3) is 0 Å². The van der Waals surface area contributed by atoms with Crippen molar-refractivity contribution in [1.29, 1.82) is 0 Å². The Labute approximate surface area is 95.9 Å². The Kier molecular flexibility index (Phi) is 4.18. The van der Waals surface area contributed by atoms with E-state index in [2.05, 4.69) is 28.7 Å². The Bertz CT molecular complexity index is 265. The number of nitrogens with zero attached hydrogens (tertiary/aromatic N) is 1. The number of hydrogen-bond donors (Lipinski definition) is 0. The molecule has 0 N–H and O–H groups in total. The van der Waals surface area contributed by atoms with Crippen molar-refractivity contribution in [2.75, 3.05) is 19.7 Å². The summed E-state index contributed by atoms with van der Waals surface area (Å²) < 4.78 is 5.64. The van der Waals surface area contributed by atoms with Crippen molar-refractivity contribution in [2.24, 2.45) is 0 Å². The third-order valence-electron chi connectivity index (χ3n) is 2.92. The summed E-state index contributed by atoms with van der Waals surface area (Å²) in [6.45, 7) is 6.41. The van der Waals surface area contributed by atoms with Crippen molar-refractivity contribution in [1.82, 2.24) is 4.90 Å². The van der Waals surface area contributed by atoms with Crippen molar-refractivity contribution in [2.45, 2.75) is 32.4 Å². The first-order valence-electron chi connectivity index (χ1n) is 5.73. The molecule has 1 aliphatic rings. The van der Waals surface area contributed by atoms with Crippen molar-refractivity contribution < 1.29 is 4.74 Å². The second kappa shape index (κ2) is 5.64. The van der Waals surface area contributed by atoms with Crippen LogP contribution in [0.5, 0.6) is 0 Å². The molecule has 1 fully saturated rings. The van der Waals surface area contributed by atoms with Gasteiger partial charge < -0.3 is 4.74 Å². The predicted octanol–water partition coefficient (Wildman–Crippen LogP) is 2.75. The van der Waals surface area contributed by atoms with Crippen LogP contribution in [-0.2, 0) is 11.3 Å². The molecule has 1 aromatic heterocycles. The molecular formula is C12H19NOS. The van der Waals surface area contributed by atoms with Gasteiger partial charge in [-0.1, -0.05) is 0 Å². The second-order valence-electron chi connectivity index (χ2n) is 4.06. The monoisotopic (exact) mass is 225 g/mol. The molecular weight excluding hydrogens is 206 g/mol. The molecule has 0 atom stereocenters. The molecule has 1 aliphatic heterocycles. The number of piperidine rings is 1. The summed E-state index contributed by atoms with van der Waals surface area (Å²) in [6.07, 6.45) is 2.89. The lowest BCUT2D eigenvalue weighted by molar-refractivity contribution is 0.0125. The molecule has 0 radical (unpaired) electrons. The molecule has 0 bridgehead atoms. The molecule has 2 nitrogen and oxygen atoms in total. The van der Waals surface area contributed by atoms with Crippen LogP contribution in [0.4, 0.5) is 0 Å². The van der Waals surface area contributed by atoms with Gasteiger partial charge in [0.05, 0.1) is 6.10 Å². The van der Waals surface area contributed by atoms with Gasteiger partial charge in [-0.15, -0.1) is 0 Å². The lowest BCUT2D eigenvalue weighted by Crippen LogP contribution is -2.36. The molecule has 15 heavy (non-hydrogen) atoms. The van der Waals surface area contributed by atoms with Gasteiger partial charge in [0.2, 0.25) is 0 Å². The van der Waals surface area contributed by atoms with Gasteiger partial charge in [0, 0.05) is 26.2 Å². The molecule has 1 saturated heterocycles. The topological polar surface area (TPSA) is 12.5 Å². The molecule has 3 heteroatoms. The van der Waals surface area contributed by atoms with Crippen LogP contribution in [0.1, 0.15) is 25.3 Å². The Hall–Kier alpha value is -0.380. The van der Waals surface area contributed by atoms with Crippen molar-refractivity contribution in [3.05, 3.63) is 22.4 Å². The highest BCUT2D eigenvalue weighted by atomic mass is 32.1. The van der Waals surface area contributed by atoms with Crippen LogP contribution < -0.4 is 0 Å². The number of likely N-dealkylation sites (tertiary alicyclic amines) is 1. The summed E-state index contributed by atoms with van der Waals surface area (Å²) in [5.74, 6) is 0. The highest BCUT2D eigenvalue weighted by Gasteiger charge is 2.18. The van der Waals surface area contributed by atoms with E-state index in [0.717, 1.165) is 13.2 Å². The van der Waals surface area contributed by atoms with E-state index in [4.69, 9.17) is 4.74 Å². The van der Waals surface area contributed by atoms with E-state index in [1.165, 1.54) is 31.5 Å². The van der Waals surface area contributed by atoms with E-state index >= 15 is 0 Å². The zero-order valence-electron chi connectivity index (χ0n) is 9.32. The smallest absolute Gasteiger partial charge is 0.0599 e. The fourth-order valence-corrected chi connectivity index (χ4v) is 2.77. The number of hydrogen-bond acceptors (Lipinski definition) is 3. The summed E-state index contributed by atoms with van der Waals surface area (Å²) in [5.41, 5.74) is 1.45. The van der Waals surface area contributed by atoms with E-state index in [0.29, 0.717) is 6.10 Å². The third kappa shape index (κ3) is 3.30. The van der Waals surface area contributed by atoms with Gasteiger partial charge in [0.1, 0.15) is 0 Å². The van der Waals surface area contributed by atoms with Crippen LogP contribution in [0.15, 0.2) is 16.8 Å². The lowest BCUT2D eigenvalue weighted by Gasteiger charge is -2.31. The first-order chi connectivity index (χ1) is 7.38. The van der Waals surface area contributed by atoms with Crippen LogP contribution in [0, 0.1) is 0 Å². The zero-order chi connectivity index (χ0) is 10.5. The van der Waals surface area contributed by atoms with Crippen molar-refractivity contribution in [3.8, 4) is 0 Å². The van der Waals surface area contributed by atoms with Crippen LogP contribution in [0.2, 0.25) is 0 Å². The Morgan fingerprint density at radius 3 is 2.87 bits per heavy atom. The molecule has 1 aromatic rings. The maximum Gasteiger partial charge on any atom is 0.0599 e. The molecule has 0 aromatic carbocycles. The van der Waals surface area contributed by atoms with Gasteiger partial charge in [0.25, 0.3) is 0 Å². The van der Waals surface area contributed by atoms with E-state index in [1.807, 2.05) is 0 Å². The zero-order valence-corrected chi connectivity index (χ0v) is 10.1. The summed E-state index contributed by atoms with van der Waals surface area (Å²) in [7, 11) is 0. The van der Waals surface area contributed by atoms with E-state index in [1.54, 1.807) is 11.3 Å². The lowest BCUT2D eigenvalue weighted by atomic mass is 10.1. The first-order valence-corrected chi connectivity index (χ1v) is 6.68. The minimum Gasteiger partial charge on any atom is -0.378 e. The molecule has 0 unspecified atom stereocenters. The minimum absolute atomic E-state index is 0.508. The molecule has 2 rings (SSSR count). The van der Waals surface area contributed by atoms with Crippen LogP contribution in [-0.4, -0.2) is 30.7 Å². The largest absolute Gasteiger partial charge is 0.378 e. The average molecular weight is 225 g/mol. The van der Waals surface area contributed by atoms with Gasteiger partial charge in [-0.3, -0.25) is 4.90 Å². The first kappa shape index (κ1) is 11.1. The van der Waals surface area contributed by atoms with Crippen molar-refractivity contribution in [3.63, 3.8) is 0 Å². The molecule has 0 saturated carbocycles. The molecule has 2 heterocycles. The fraction of sp³-hybridized carbons (Fsp3) is 0.667. The van der Waals surface area contributed by atoms with Crippen molar-refractivity contribution >= 4 is 11.3 Å². The van der Waals surface area contributed by atoms with E-state index < -0.39 is 0 Å². The average Bonchev–Trinajstić information content (AvgIpc) is 2.74. The van der Waals surface area contributed by atoms with Gasteiger partial charge in [0.15, 0.2) is 0 Å². The SMILES string of the molecule is CCOC1CCN(Cc2ccsc2)CC1. The summed E-state index contributed by atoms with van der Waals surface area (Å²) in [5, 5.41) is 4.40. The number of ether oxygens (including phenoxy) is 1. The predicted molar refractivity (Wildman–Crippen MR) is 64.2 cm³/mol. The molecule has 0 amide bonds. The van der Waals surface area contributed by atoms with Gasteiger partial charge in [-0.05, 0) is 42.2 Å².